The van der Waals surface area contributed by atoms with Crippen molar-refractivity contribution >= 4 is 50.7 Å². The number of anilines is 1. The third kappa shape index (κ3) is 8.55. The molecule has 1 N–H and O–H groups in total. The van der Waals surface area contributed by atoms with Gasteiger partial charge >= 0.3 is 0 Å². The van der Waals surface area contributed by atoms with Crippen LogP contribution in [0.5, 0.6) is 11.5 Å². The molecule has 0 fully saturated rings. The number of hydrogen-bond donors (Lipinski definition) is 1. The Morgan fingerprint density at radius 2 is 1.67 bits per heavy atom. The Kier molecular flexibility index (Phi) is 10.8. The van der Waals surface area contributed by atoms with Gasteiger partial charge in [0.15, 0.2) is 11.5 Å². The summed E-state index contributed by atoms with van der Waals surface area (Å²) in [6, 6.07) is 17.8. The van der Waals surface area contributed by atoms with Gasteiger partial charge in [-0.3, -0.25) is 13.9 Å². The molecule has 12 heteroatoms. The van der Waals surface area contributed by atoms with E-state index in [1.54, 1.807) is 30.3 Å². The van der Waals surface area contributed by atoms with Gasteiger partial charge in [0, 0.05) is 35.1 Å². The predicted octanol–water partition coefficient (Wildman–Crippen LogP) is 5.09. The van der Waals surface area contributed by atoms with E-state index >= 15 is 0 Å². The van der Waals surface area contributed by atoms with Crippen LogP contribution in [-0.2, 0) is 32.6 Å². The average Bonchev–Trinajstić information content (AvgIpc) is 2.98. The Morgan fingerprint density at radius 1 is 0.977 bits per heavy atom. The van der Waals surface area contributed by atoms with E-state index in [-0.39, 0.29) is 30.6 Å². The van der Waals surface area contributed by atoms with Gasteiger partial charge in [-0.15, -0.1) is 0 Å². The van der Waals surface area contributed by atoms with Crippen LogP contribution in [0.2, 0.25) is 10.0 Å². The van der Waals surface area contributed by atoms with Crippen LogP contribution in [0, 0.1) is 0 Å². The Labute approximate surface area is 262 Å². The number of fused-ring (bicyclic) bond motifs is 1. The fourth-order valence-electron chi connectivity index (χ4n) is 4.63. The van der Waals surface area contributed by atoms with Crippen molar-refractivity contribution in [3.63, 3.8) is 0 Å². The van der Waals surface area contributed by atoms with Crippen molar-refractivity contribution < 1.29 is 27.5 Å². The van der Waals surface area contributed by atoms with Crippen LogP contribution in [0.25, 0.3) is 0 Å². The molecule has 43 heavy (non-hydrogen) atoms. The molecule has 1 aliphatic heterocycles. The molecule has 2 atom stereocenters. The summed E-state index contributed by atoms with van der Waals surface area (Å²) in [6.45, 7) is 3.91. The van der Waals surface area contributed by atoms with Crippen LogP contribution in [-0.4, -0.2) is 63.2 Å². The lowest BCUT2D eigenvalue weighted by Crippen LogP contribution is -2.54. The van der Waals surface area contributed by atoms with Crippen molar-refractivity contribution in [2.24, 2.45) is 0 Å². The van der Waals surface area contributed by atoms with Crippen LogP contribution in [0.15, 0.2) is 66.7 Å². The van der Waals surface area contributed by atoms with E-state index < -0.39 is 28.5 Å². The molecule has 0 bridgehead atoms. The molecule has 4 rings (SSSR count). The number of amides is 2. The molecule has 0 spiro atoms. The number of nitrogens with zero attached hydrogens (tertiary/aromatic N) is 2. The van der Waals surface area contributed by atoms with Crippen LogP contribution in [0.4, 0.5) is 5.69 Å². The van der Waals surface area contributed by atoms with E-state index in [1.807, 2.05) is 44.2 Å². The fourth-order valence-corrected chi connectivity index (χ4v) is 5.94. The van der Waals surface area contributed by atoms with Crippen LogP contribution in [0.1, 0.15) is 31.4 Å². The number of benzene rings is 3. The Balaban J connectivity index is 1.75. The van der Waals surface area contributed by atoms with Crippen molar-refractivity contribution in [3.8, 4) is 11.5 Å². The van der Waals surface area contributed by atoms with Gasteiger partial charge < -0.3 is 19.7 Å². The second-order valence-corrected chi connectivity index (χ2v) is 13.1. The van der Waals surface area contributed by atoms with E-state index in [4.69, 9.17) is 32.7 Å². The molecule has 0 saturated heterocycles. The zero-order chi connectivity index (χ0) is 31.1. The van der Waals surface area contributed by atoms with Gasteiger partial charge in [0.05, 0.1) is 11.9 Å². The van der Waals surface area contributed by atoms with Crippen molar-refractivity contribution in [1.29, 1.82) is 0 Å². The lowest BCUT2D eigenvalue weighted by Gasteiger charge is -2.34. The molecule has 2 amide bonds. The molecule has 0 radical (unpaired) electrons. The minimum absolute atomic E-state index is 0.0565. The quantitative estimate of drug-likeness (QED) is 0.294. The van der Waals surface area contributed by atoms with Crippen molar-refractivity contribution in [1.82, 2.24) is 10.2 Å². The van der Waals surface area contributed by atoms with E-state index in [1.165, 1.54) is 11.0 Å². The summed E-state index contributed by atoms with van der Waals surface area (Å²) in [5.74, 6) is -0.0867. The second-order valence-electron chi connectivity index (χ2n) is 10.4. The molecule has 0 aliphatic carbocycles. The molecule has 1 aliphatic rings. The van der Waals surface area contributed by atoms with E-state index in [9.17, 15) is 18.0 Å². The number of carbonyl (C=O) groups excluding carboxylic acids is 2. The largest absolute Gasteiger partial charge is 0.486 e. The molecule has 9 nitrogen and oxygen atoms in total. The smallest absolute Gasteiger partial charge is 0.244 e. The first kappa shape index (κ1) is 32.4. The molecule has 0 unspecified atom stereocenters. The van der Waals surface area contributed by atoms with Gasteiger partial charge in [0.25, 0.3) is 0 Å². The van der Waals surface area contributed by atoms with Gasteiger partial charge in [-0.1, -0.05) is 66.5 Å². The molecule has 0 saturated carbocycles. The summed E-state index contributed by atoms with van der Waals surface area (Å²) in [5, 5.41) is 3.73. The minimum atomic E-state index is -3.94. The minimum Gasteiger partial charge on any atom is -0.486 e. The maximum atomic E-state index is 14.3. The number of hydrogen-bond acceptors (Lipinski definition) is 6. The number of halogens is 2. The van der Waals surface area contributed by atoms with Crippen molar-refractivity contribution in [2.45, 2.75) is 45.3 Å². The zero-order valence-electron chi connectivity index (χ0n) is 24.3. The summed E-state index contributed by atoms with van der Waals surface area (Å²) < 4.78 is 38.3. The fraction of sp³-hybridized carbons (Fsp3) is 0.355. The van der Waals surface area contributed by atoms with Crippen LogP contribution < -0.4 is 19.1 Å². The van der Waals surface area contributed by atoms with Gasteiger partial charge in [-0.05, 0) is 48.7 Å². The average molecular weight is 649 g/mol. The Bertz CT molecular complexity index is 1550. The molecule has 3 aromatic carbocycles. The van der Waals surface area contributed by atoms with E-state index in [2.05, 4.69) is 5.32 Å². The molecular formula is C31H35Cl2N3O6S. The number of rotatable bonds is 12. The van der Waals surface area contributed by atoms with Gasteiger partial charge in [0.2, 0.25) is 21.8 Å². The molecule has 230 valence electrons. The highest BCUT2D eigenvalue weighted by Crippen LogP contribution is 2.35. The molecule has 1 heterocycles. The first-order chi connectivity index (χ1) is 20.5. The maximum absolute atomic E-state index is 14.3. The van der Waals surface area contributed by atoms with E-state index in [0.717, 1.165) is 16.1 Å². The molecule has 0 aromatic heterocycles. The first-order valence-electron chi connectivity index (χ1n) is 13.9. The summed E-state index contributed by atoms with van der Waals surface area (Å²) >= 11 is 12.6. The summed E-state index contributed by atoms with van der Waals surface area (Å²) in [5.41, 5.74) is 1.62. The summed E-state index contributed by atoms with van der Waals surface area (Å²) in [6.07, 6.45) is 1.91. The Morgan fingerprint density at radius 3 is 2.33 bits per heavy atom. The highest BCUT2D eigenvalue weighted by atomic mass is 35.5. The predicted molar refractivity (Wildman–Crippen MR) is 168 cm³/mol. The van der Waals surface area contributed by atoms with Gasteiger partial charge in [-0.2, -0.15) is 0 Å². The molecular weight excluding hydrogens is 613 g/mol. The third-order valence-corrected chi connectivity index (χ3v) is 8.85. The molecule has 3 aromatic rings. The lowest BCUT2D eigenvalue weighted by molar-refractivity contribution is -0.140. The maximum Gasteiger partial charge on any atom is 0.244 e. The monoisotopic (exact) mass is 647 g/mol. The number of carbonyl (C=O) groups is 2. The number of nitrogens with one attached hydrogen (secondary N) is 1. The van der Waals surface area contributed by atoms with Crippen molar-refractivity contribution in [2.75, 3.05) is 30.3 Å². The zero-order valence-corrected chi connectivity index (χ0v) is 26.6. The van der Waals surface area contributed by atoms with E-state index in [0.29, 0.717) is 46.7 Å². The SMILES string of the molecule is CC[C@H](C)NC(=O)[C@H](Cc1ccccc1)N(Cc1ccc(Cl)cc1Cl)C(=O)CN(c1ccc2c(c1)OCCO2)S(C)(=O)=O. The highest BCUT2D eigenvalue weighted by Gasteiger charge is 2.34. The third-order valence-electron chi connectivity index (χ3n) is 7.12. The summed E-state index contributed by atoms with van der Waals surface area (Å²) in [4.78, 5) is 29.4. The van der Waals surface area contributed by atoms with Crippen LogP contribution in [0.3, 0.4) is 0 Å². The number of sulfonamides is 1. The van der Waals surface area contributed by atoms with Gasteiger partial charge in [-0.25, -0.2) is 8.42 Å². The topological polar surface area (TPSA) is 105 Å². The second kappa shape index (κ2) is 14.3. The Hall–Kier alpha value is -3.47. The standard InChI is InChI=1S/C31H35Cl2N3O6S/c1-4-21(2)34-31(38)27(16-22-8-6-5-7-9-22)35(19-23-10-11-24(32)17-26(23)33)30(37)20-36(43(3,39)40)25-12-13-28-29(18-25)42-15-14-41-28/h5-13,17-18,21,27H,4,14-16,19-20H2,1-3H3,(H,34,38)/t21-,27-/m0/s1. The highest BCUT2D eigenvalue weighted by molar-refractivity contribution is 7.92. The van der Waals surface area contributed by atoms with Gasteiger partial charge in [0.1, 0.15) is 25.8 Å². The number of ether oxygens (including phenoxy) is 2. The first-order valence-corrected chi connectivity index (χ1v) is 16.5. The lowest BCUT2D eigenvalue weighted by atomic mass is 10.0. The van der Waals surface area contributed by atoms with Crippen molar-refractivity contribution in [3.05, 3.63) is 87.9 Å². The normalized spacial score (nSPS) is 14.0. The summed E-state index contributed by atoms with van der Waals surface area (Å²) in [7, 11) is -3.94. The van der Waals surface area contributed by atoms with Crippen LogP contribution >= 0.6 is 23.2 Å².